The van der Waals surface area contributed by atoms with Crippen molar-refractivity contribution in [3.05, 3.63) is 54.0 Å². The lowest BCUT2D eigenvalue weighted by Gasteiger charge is -2.18. The van der Waals surface area contributed by atoms with E-state index in [1.165, 1.54) is 5.56 Å². The van der Waals surface area contributed by atoms with Crippen molar-refractivity contribution in [3.63, 3.8) is 0 Å². The number of furan rings is 1. The molecular formula is C17H21IN4O2. The lowest BCUT2D eigenvalue weighted by Crippen LogP contribution is -2.44. The number of guanidine groups is 1. The van der Waals surface area contributed by atoms with Crippen molar-refractivity contribution in [3.8, 4) is 0 Å². The second-order valence-corrected chi connectivity index (χ2v) is 5.28. The largest absolute Gasteiger partial charge is 0.467 e. The number of halogens is 1. The molecule has 0 saturated heterocycles. The second kappa shape index (κ2) is 8.72. The first-order valence-corrected chi connectivity index (χ1v) is 7.63. The van der Waals surface area contributed by atoms with Crippen LogP contribution in [0, 0.1) is 0 Å². The van der Waals surface area contributed by atoms with Crippen molar-refractivity contribution in [2.24, 2.45) is 4.99 Å². The van der Waals surface area contributed by atoms with Crippen LogP contribution in [0.25, 0.3) is 0 Å². The Kier molecular flexibility index (Phi) is 6.65. The monoisotopic (exact) mass is 440 g/mol. The van der Waals surface area contributed by atoms with Gasteiger partial charge in [0.1, 0.15) is 5.76 Å². The van der Waals surface area contributed by atoms with Gasteiger partial charge in [0.15, 0.2) is 5.96 Å². The lowest BCUT2D eigenvalue weighted by molar-refractivity contribution is -0.117. The fraction of sp³-hybridized carbons (Fsp3) is 0.294. The summed E-state index contributed by atoms with van der Waals surface area (Å²) in [6, 6.07) is 11.7. The zero-order valence-electron chi connectivity index (χ0n) is 13.5. The van der Waals surface area contributed by atoms with Crippen molar-refractivity contribution in [2.75, 3.05) is 25.0 Å². The first-order chi connectivity index (χ1) is 11.3. The van der Waals surface area contributed by atoms with E-state index < -0.39 is 0 Å². The molecule has 1 aliphatic rings. The van der Waals surface area contributed by atoms with E-state index in [4.69, 9.17) is 4.42 Å². The molecule has 0 aliphatic carbocycles. The fourth-order valence-corrected chi connectivity index (χ4v) is 2.66. The third kappa shape index (κ3) is 4.28. The summed E-state index contributed by atoms with van der Waals surface area (Å²) in [5, 5.41) is 6.16. The highest BCUT2D eigenvalue weighted by atomic mass is 127. The minimum Gasteiger partial charge on any atom is -0.467 e. The first-order valence-electron chi connectivity index (χ1n) is 7.63. The summed E-state index contributed by atoms with van der Waals surface area (Å²) < 4.78 is 5.25. The number of fused-ring (bicyclic) bond motifs is 1. The van der Waals surface area contributed by atoms with E-state index in [9.17, 15) is 4.79 Å². The molecule has 0 unspecified atom stereocenters. The minimum absolute atomic E-state index is 0. The van der Waals surface area contributed by atoms with Gasteiger partial charge in [0.2, 0.25) is 5.91 Å². The maximum atomic E-state index is 12.4. The molecule has 2 N–H and O–H groups in total. The molecule has 0 radical (unpaired) electrons. The van der Waals surface area contributed by atoms with E-state index in [-0.39, 0.29) is 36.4 Å². The molecule has 3 rings (SSSR count). The Morgan fingerprint density at radius 3 is 2.83 bits per heavy atom. The molecule has 0 atom stereocenters. The summed E-state index contributed by atoms with van der Waals surface area (Å²) in [6.45, 7) is 1.46. The number of carbonyl (C=O) groups excluding carboxylic acids is 1. The topological polar surface area (TPSA) is 69.9 Å². The number of hydrogen-bond donors (Lipinski definition) is 2. The van der Waals surface area contributed by atoms with Crippen molar-refractivity contribution in [2.45, 2.75) is 13.0 Å². The van der Waals surface area contributed by atoms with E-state index in [0.717, 1.165) is 24.4 Å². The SMILES string of the molecule is CN=C(NCC(=O)N1CCc2ccccc21)NCc1ccco1.I. The number of rotatable bonds is 4. The molecule has 128 valence electrons. The standard InChI is InChI=1S/C17H20N4O2.HI/c1-18-17(19-11-14-6-4-10-23-14)20-12-16(22)21-9-8-13-5-2-3-7-15(13)21;/h2-7,10H,8-9,11-12H2,1H3,(H2,18,19,20);1H. The van der Waals surface area contributed by atoms with E-state index in [0.29, 0.717) is 12.5 Å². The van der Waals surface area contributed by atoms with Gasteiger partial charge in [-0.15, -0.1) is 24.0 Å². The molecule has 7 heteroatoms. The average Bonchev–Trinajstić information content (AvgIpc) is 3.24. The van der Waals surface area contributed by atoms with Crippen molar-refractivity contribution in [1.82, 2.24) is 10.6 Å². The summed E-state index contributed by atoms with van der Waals surface area (Å²) in [7, 11) is 1.67. The van der Waals surface area contributed by atoms with Crippen LogP contribution in [0.2, 0.25) is 0 Å². The Balaban J connectivity index is 0.00000208. The summed E-state index contributed by atoms with van der Waals surface area (Å²) in [4.78, 5) is 18.4. The average molecular weight is 440 g/mol. The van der Waals surface area contributed by atoms with Crippen LogP contribution in [0.4, 0.5) is 5.69 Å². The molecule has 0 saturated carbocycles. The molecule has 1 amide bonds. The Morgan fingerprint density at radius 1 is 1.25 bits per heavy atom. The summed E-state index contributed by atoms with van der Waals surface area (Å²) >= 11 is 0. The molecule has 2 heterocycles. The maximum Gasteiger partial charge on any atom is 0.246 e. The highest BCUT2D eigenvalue weighted by molar-refractivity contribution is 14.0. The van der Waals surface area contributed by atoms with Crippen LogP contribution in [0.15, 0.2) is 52.1 Å². The maximum absolute atomic E-state index is 12.4. The van der Waals surface area contributed by atoms with Crippen molar-refractivity contribution >= 4 is 41.5 Å². The Bertz CT molecular complexity index is 700. The third-order valence-electron chi connectivity index (χ3n) is 3.83. The van der Waals surface area contributed by atoms with Gasteiger partial charge in [0.25, 0.3) is 0 Å². The second-order valence-electron chi connectivity index (χ2n) is 5.28. The van der Waals surface area contributed by atoms with E-state index in [2.05, 4.69) is 21.7 Å². The summed E-state index contributed by atoms with van der Waals surface area (Å²) in [6.07, 6.45) is 2.54. The van der Waals surface area contributed by atoms with Gasteiger partial charge in [-0.05, 0) is 30.2 Å². The van der Waals surface area contributed by atoms with Crippen molar-refractivity contribution < 1.29 is 9.21 Å². The van der Waals surface area contributed by atoms with Gasteiger partial charge >= 0.3 is 0 Å². The zero-order chi connectivity index (χ0) is 16.1. The van der Waals surface area contributed by atoms with E-state index in [1.807, 2.05) is 35.2 Å². The highest BCUT2D eigenvalue weighted by Crippen LogP contribution is 2.27. The Morgan fingerprint density at radius 2 is 2.08 bits per heavy atom. The first kappa shape index (κ1) is 18.3. The van der Waals surface area contributed by atoms with Crippen LogP contribution in [-0.2, 0) is 17.8 Å². The fourth-order valence-electron chi connectivity index (χ4n) is 2.66. The number of aliphatic imine (C=N–C) groups is 1. The van der Waals surface area contributed by atoms with Crippen LogP contribution in [0.1, 0.15) is 11.3 Å². The van der Waals surface area contributed by atoms with E-state index >= 15 is 0 Å². The molecule has 1 aromatic heterocycles. The number of hydrogen-bond acceptors (Lipinski definition) is 3. The minimum atomic E-state index is 0. The van der Waals surface area contributed by atoms with Gasteiger partial charge in [0, 0.05) is 19.3 Å². The van der Waals surface area contributed by atoms with Gasteiger partial charge in [-0.1, -0.05) is 18.2 Å². The predicted octanol–water partition coefficient (Wildman–Crippen LogP) is 2.15. The summed E-state index contributed by atoms with van der Waals surface area (Å²) in [5.41, 5.74) is 2.24. The third-order valence-corrected chi connectivity index (χ3v) is 3.83. The number of carbonyl (C=O) groups is 1. The normalized spacial score (nSPS) is 13.2. The smallest absolute Gasteiger partial charge is 0.246 e. The number of anilines is 1. The molecule has 0 spiro atoms. The molecule has 0 bridgehead atoms. The van der Waals surface area contributed by atoms with Crippen LogP contribution >= 0.6 is 24.0 Å². The Hall–Kier alpha value is -2.03. The quantitative estimate of drug-likeness (QED) is 0.435. The molecule has 6 nitrogen and oxygen atoms in total. The van der Waals surface area contributed by atoms with Gasteiger partial charge in [-0.25, -0.2) is 0 Å². The summed E-state index contributed by atoms with van der Waals surface area (Å²) in [5.74, 6) is 1.42. The predicted molar refractivity (Wildman–Crippen MR) is 105 cm³/mol. The zero-order valence-corrected chi connectivity index (χ0v) is 15.8. The molecule has 2 aromatic rings. The number of para-hydroxylation sites is 1. The van der Waals surface area contributed by atoms with Crippen LogP contribution < -0.4 is 15.5 Å². The van der Waals surface area contributed by atoms with Gasteiger partial charge in [0.05, 0.1) is 19.4 Å². The number of benzene rings is 1. The molecular weight excluding hydrogens is 419 g/mol. The number of nitrogens with zero attached hydrogens (tertiary/aromatic N) is 2. The van der Waals surface area contributed by atoms with Crippen LogP contribution in [0.5, 0.6) is 0 Å². The molecule has 1 aromatic carbocycles. The molecule has 24 heavy (non-hydrogen) atoms. The van der Waals surface area contributed by atoms with Crippen molar-refractivity contribution in [1.29, 1.82) is 0 Å². The number of nitrogens with one attached hydrogen (secondary N) is 2. The van der Waals surface area contributed by atoms with Gasteiger partial charge in [-0.2, -0.15) is 0 Å². The number of amides is 1. The van der Waals surface area contributed by atoms with Crippen LogP contribution in [0.3, 0.4) is 0 Å². The Labute approximate surface area is 158 Å². The molecule has 1 aliphatic heterocycles. The highest BCUT2D eigenvalue weighted by Gasteiger charge is 2.23. The van der Waals surface area contributed by atoms with Crippen LogP contribution in [-0.4, -0.2) is 32.0 Å². The van der Waals surface area contributed by atoms with E-state index in [1.54, 1.807) is 13.3 Å². The lowest BCUT2D eigenvalue weighted by atomic mass is 10.2. The van der Waals surface area contributed by atoms with Gasteiger partial charge in [-0.3, -0.25) is 9.79 Å². The molecule has 0 fully saturated rings. The van der Waals surface area contributed by atoms with Gasteiger partial charge < -0.3 is 20.0 Å².